The molecule has 5 heteroatoms. The highest BCUT2D eigenvalue weighted by molar-refractivity contribution is 6.11. The largest absolute Gasteiger partial charge is 0.357 e. The zero-order valence-corrected chi connectivity index (χ0v) is 18.0. The van der Waals surface area contributed by atoms with Crippen molar-refractivity contribution in [1.29, 1.82) is 0 Å². The number of rotatable bonds is 8. The molecule has 0 aliphatic carbocycles. The van der Waals surface area contributed by atoms with E-state index in [1.165, 1.54) is 28.4 Å². The maximum Gasteiger partial charge on any atom is 0.152 e. The highest BCUT2D eigenvalue weighted by Crippen LogP contribution is 2.34. The Morgan fingerprint density at radius 2 is 1.63 bits per heavy atom. The molecule has 4 rings (SSSR count). The Morgan fingerprint density at radius 3 is 2.37 bits per heavy atom. The van der Waals surface area contributed by atoms with Gasteiger partial charge in [-0.2, -0.15) is 0 Å². The van der Waals surface area contributed by atoms with Crippen LogP contribution in [-0.4, -0.2) is 47.7 Å². The molecule has 0 saturated heterocycles. The number of benzene rings is 2. The van der Waals surface area contributed by atoms with Crippen molar-refractivity contribution in [3.63, 3.8) is 0 Å². The summed E-state index contributed by atoms with van der Waals surface area (Å²) in [5.74, 6) is 0.775. The van der Waals surface area contributed by atoms with E-state index in [-0.39, 0.29) is 5.82 Å². The number of aromatic nitrogens is 2. The SMILES string of the molecule is CCN(CC)CCN(C)c1nccc2c3ccccc3n(Cc3ccc(F)cc3)c12. The molecule has 0 atom stereocenters. The molecule has 0 aliphatic heterocycles. The van der Waals surface area contributed by atoms with Crippen LogP contribution >= 0.6 is 0 Å². The summed E-state index contributed by atoms with van der Waals surface area (Å²) in [4.78, 5) is 9.45. The van der Waals surface area contributed by atoms with Crippen LogP contribution in [0.2, 0.25) is 0 Å². The van der Waals surface area contributed by atoms with Crippen LogP contribution in [0.4, 0.5) is 10.2 Å². The second-order valence-corrected chi connectivity index (χ2v) is 7.71. The van der Waals surface area contributed by atoms with E-state index < -0.39 is 0 Å². The summed E-state index contributed by atoms with van der Waals surface area (Å²) in [7, 11) is 2.12. The van der Waals surface area contributed by atoms with Crippen molar-refractivity contribution in [3.05, 3.63) is 72.2 Å². The number of fused-ring (bicyclic) bond motifs is 3. The molecule has 4 aromatic rings. The minimum absolute atomic E-state index is 0.209. The Bertz CT molecular complexity index is 1130. The van der Waals surface area contributed by atoms with Crippen molar-refractivity contribution >= 4 is 27.6 Å². The van der Waals surface area contributed by atoms with Crippen LogP contribution in [-0.2, 0) is 6.54 Å². The predicted molar refractivity (Wildman–Crippen MR) is 124 cm³/mol. The summed E-state index contributed by atoms with van der Waals surface area (Å²) < 4.78 is 15.7. The molecule has 2 heterocycles. The summed E-state index contributed by atoms with van der Waals surface area (Å²) in [6.45, 7) is 9.07. The fraction of sp³-hybridized carbons (Fsp3) is 0.320. The first kappa shape index (κ1) is 20.4. The second kappa shape index (κ2) is 8.84. The Morgan fingerprint density at radius 1 is 0.900 bits per heavy atom. The molecule has 30 heavy (non-hydrogen) atoms. The van der Waals surface area contributed by atoms with Gasteiger partial charge in [0.15, 0.2) is 5.82 Å². The van der Waals surface area contributed by atoms with Crippen molar-refractivity contribution in [2.45, 2.75) is 20.4 Å². The van der Waals surface area contributed by atoms with Gasteiger partial charge in [0.1, 0.15) is 5.82 Å². The lowest BCUT2D eigenvalue weighted by Gasteiger charge is -2.25. The van der Waals surface area contributed by atoms with Crippen molar-refractivity contribution in [3.8, 4) is 0 Å². The number of para-hydroxylation sites is 1. The van der Waals surface area contributed by atoms with Crippen LogP contribution in [0.25, 0.3) is 21.8 Å². The third-order valence-electron chi connectivity index (χ3n) is 5.92. The van der Waals surface area contributed by atoms with E-state index in [1.807, 2.05) is 18.3 Å². The standard InChI is InChI=1S/C25H29FN4/c1-4-29(5-2)17-16-28(3)25-24-22(14-15-27-25)21-8-6-7-9-23(21)30(24)18-19-10-12-20(26)13-11-19/h6-15H,4-5,16-18H2,1-3H3. The Hall–Kier alpha value is -2.92. The van der Waals surface area contributed by atoms with Gasteiger partial charge in [0.25, 0.3) is 0 Å². The molecule has 0 N–H and O–H groups in total. The highest BCUT2D eigenvalue weighted by atomic mass is 19.1. The van der Waals surface area contributed by atoms with Crippen molar-refractivity contribution in [1.82, 2.24) is 14.5 Å². The van der Waals surface area contributed by atoms with Gasteiger partial charge in [0.2, 0.25) is 0 Å². The zero-order chi connectivity index (χ0) is 21.1. The molecule has 0 unspecified atom stereocenters. The lowest BCUT2D eigenvalue weighted by atomic mass is 10.2. The van der Waals surface area contributed by atoms with Gasteiger partial charge in [0.05, 0.1) is 5.52 Å². The maximum atomic E-state index is 13.4. The van der Waals surface area contributed by atoms with Gasteiger partial charge in [-0.1, -0.05) is 44.2 Å². The van der Waals surface area contributed by atoms with Crippen LogP contribution in [0.5, 0.6) is 0 Å². The first-order chi connectivity index (χ1) is 14.6. The summed E-state index contributed by atoms with van der Waals surface area (Å²) in [6, 6.07) is 17.3. The fourth-order valence-corrected chi connectivity index (χ4v) is 4.14. The van der Waals surface area contributed by atoms with E-state index >= 15 is 0 Å². The van der Waals surface area contributed by atoms with Gasteiger partial charge in [0, 0.05) is 49.2 Å². The second-order valence-electron chi connectivity index (χ2n) is 7.71. The molecule has 0 amide bonds. The maximum absolute atomic E-state index is 13.4. The van der Waals surface area contributed by atoms with Crippen LogP contribution in [0.1, 0.15) is 19.4 Å². The number of hydrogen-bond donors (Lipinski definition) is 0. The van der Waals surface area contributed by atoms with Gasteiger partial charge in [-0.15, -0.1) is 0 Å². The van der Waals surface area contributed by atoms with E-state index in [9.17, 15) is 4.39 Å². The molecule has 2 aromatic carbocycles. The topological polar surface area (TPSA) is 24.3 Å². The summed E-state index contributed by atoms with van der Waals surface area (Å²) in [6.07, 6.45) is 1.90. The number of pyridine rings is 1. The molecule has 0 aliphatic rings. The predicted octanol–water partition coefficient (Wildman–Crippen LogP) is 5.15. The monoisotopic (exact) mass is 404 g/mol. The van der Waals surface area contributed by atoms with E-state index in [0.717, 1.165) is 43.1 Å². The lowest BCUT2D eigenvalue weighted by molar-refractivity contribution is 0.311. The Kier molecular flexibility index (Phi) is 6.00. The number of hydrogen-bond acceptors (Lipinski definition) is 3. The third kappa shape index (κ3) is 3.90. The molecule has 0 bridgehead atoms. The normalized spacial score (nSPS) is 11.6. The molecule has 0 fully saturated rings. The summed E-state index contributed by atoms with van der Waals surface area (Å²) >= 11 is 0. The lowest BCUT2D eigenvalue weighted by Crippen LogP contribution is -2.33. The average Bonchev–Trinajstić information content (AvgIpc) is 3.10. The molecule has 0 spiro atoms. The molecule has 0 saturated carbocycles. The molecule has 156 valence electrons. The zero-order valence-electron chi connectivity index (χ0n) is 18.0. The molecule has 4 nitrogen and oxygen atoms in total. The van der Waals surface area contributed by atoms with Crippen LogP contribution in [0.15, 0.2) is 60.8 Å². The Labute approximate surface area is 177 Å². The van der Waals surface area contributed by atoms with E-state index in [2.05, 4.69) is 65.6 Å². The minimum atomic E-state index is -0.209. The van der Waals surface area contributed by atoms with E-state index in [1.54, 1.807) is 0 Å². The average molecular weight is 405 g/mol. The van der Waals surface area contributed by atoms with E-state index in [0.29, 0.717) is 6.54 Å². The number of halogens is 1. The number of likely N-dealkylation sites (N-methyl/N-ethyl adjacent to an activating group) is 2. The Balaban J connectivity index is 1.81. The van der Waals surface area contributed by atoms with Crippen LogP contribution in [0, 0.1) is 5.82 Å². The smallest absolute Gasteiger partial charge is 0.152 e. The summed E-state index contributed by atoms with van der Waals surface area (Å²) in [5.41, 5.74) is 3.37. The van der Waals surface area contributed by atoms with Crippen LogP contribution < -0.4 is 4.90 Å². The van der Waals surface area contributed by atoms with Gasteiger partial charge in [-0.05, 0) is 42.9 Å². The fourth-order valence-electron chi connectivity index (χ4n) is 4.14. The summed E-state index contributed by atoms with van der Waals surface area (Å²) in [5, 5.41) is 2.42. The van der Waals surface area contributed by atoms with Gasteiger partial charge < -0.3 is 14.4 Å². The van der Waals surface area contributed by atoms with Gasteiger partial charge >= 0.3 is 0 Å². The van der Waals surface area contributed by atoms with Gasteiger partial charge in [-0.3, -0.25) is 0 Å². The van der Waals surface area contributed by atoms with Gasteiger partial charge in [-0.25, -0.2) is 9.37 Å². The first-order valence-electron chi connectivity index (χ1n) is 10.7. The van der Waals surface area contributed by atoms with Crippen molar-refractivity contribution in [2.24, 2.45) is 0 Å². The first-order valence-corrected chi connectivity index (χ1v) is 10.7. The number of nitrogens with zero attached hydrogens (tertiary/aromatic N) is 4. The molecular formula is C25H29FN4. The molecule has 2 aromatic heterocycles. The minimum Gasteiger partial charge on any atom is -0.357 e. The molecule has 0 radical (unpaired) electrons. The van der Waals surface area contributed by atoms with Crippen LogP contribution in [0.3, 0.4) is 0 Å². The third-order valence-corrected chi connectivity index (χ3v) is 5.92. The molecular weight excluding hydrogens is 375 g/mol. The highest BCUT2D eigenvalue weighted by Gasteiger charge is 2.17. The van der Waals surface area contributed by atoms with E-state index in [4.69, 9.17) is 4.98 Å². The van der Waals surface area contributed by atoms with Crippen molar-refractivity contribution < 1.29 is 4.39 Å². The number of anilines is 1. The quantitative estimate of drug-likeness (QED) is 0.406. The van der Waals surface area contributed by atoms with Crippen molar-refractivity contribution in [2.75, 3.05) is 38.1 Å².